The maximum atomic E-state index is 12.5. The van der Waals surface area contributed by atoms with Crippen LogP contribution in [-0.2, 0) is 10.0 Å². The molecule has 1 N–H and O–H groups in total. The van der Waals surface area contributed by atoms with Gasteiger partial charge < -0.3 is 5.32 Å². The summed E-state index contributed by atoms with van der Waals surface area (Å²) >= 11 is 4.60. The van der Waals surface area contributed by atoms with Gasteiger partial charge in [-0.05, 0) is 65.5 Å². The van der Waals surface area contributed by atoms with Crippen molar-refractivity contribution >= 4 is 49.7 Å². The van der Waals surface area contributed by atoms with E-state index < -0.39 is 10.0 Å². The summed E-state index contributed by atoms with van der Waals surface area (Å²) in [6, 6.07) is 2.27. The zero-order valence-electron chi connectivity index (χ0n) is 11.6. The number of piperidine rings is 1. The molecule has 1 saturated carbocycles. The quantitative estimate of drug-likeness (QED) is 0.804. The van der Waals surface area contributed by atoms with Crippen LogP contribution < -0.4 is 5.32 Å². The van der Waals surface area contributed by atoms with Gasteiger partial charge in [0.05, 0.1) is 0 Å². The van der Waals surface area contributed by atoms with E-state index in [1.165, 1.54) is 24.2 Å². The SMILES string of the molecule is Cl.O=S(=O)(c1sccc1Br)N1CCC(NCC2CC2)CC1. The van der Waals surface area contributed by atoms with Crippen LogP contribution in [0.15, 0.2) is 20.1 Å². The highest BCUT2D eigenvalue weighted by Gasteiger charge is 2.32. The van der Waals surface area contributed by atoms with Crippen LogP contribution in [0.25, 0.3) is 0 Å². The first-order valence-corrected chi connectivity index (χ1v) is 10.1. The molecule has 2 fully saturated rings. The highest BCUT2D eigenvalue weighted by Crippen LogP contribution is 2.32. The van der Waals surface area contributed by atoms with Gasteiger partial charge >= 0.3 is 0 Å². The first-order valence-electron chi connectivity index (χ1n) is 7.04. The third kappa shape index (κ3) is 4.20. The van der Waals surface area contributed by atoms with Crippen molar-refractivity contribution in [2.75, 3.05) is 19.6 Å². The first-order chi connectivity index (χ1) is 9.57. The standard InChI is InChI=1S/C13H19BrN2O2S2.ClH/c14-12-5-8-19-13(12)20(17,18)16-6-3-11(4-7-16)15-9-10-1-2-10;/h5,8,10-11,15H,1-4,6-7,9H2;1H. The number of sulfonamides is 1. The van der Waals surface area contributed by atoms with Crippen LogP contribution in [0, 0.1) is 5.92 Å². The molecule has 0 bridgehead atoms. The molecule has 3 rings (SSSR count). The Morgan fingerprint density at radius 1 is 1.29 bits per heavy atom. The normalized spacial score (nSPS) is 21.2. The fourth-order valence-corrected chi connectivity index (χ4v) is 6.46. The van der Waals surface area contributed by atoms with Gasteiger partial charge in [-0.3, -0.25) is 0 Å². The van der Waals surface area contributed by atoms with E-state index in [0.717, 1.165) is 25.3 Å². The average Bonchev–Trinajstić information content (AvgIpc) is 3.17. The lowest BCUT2D eigenvalue weighted by Gasteiger charge is -2.31. The molecule has 1 aliphatic heterocycles. The smallest absolute Gasteiger partial charge is 0.253 e. The second-order valence-corrected chi connectivity index (χ2v) is 9.49. The van der Waals surface area contributed by atoms with Crippen molar-refractivity contribution in [2.45, 2.75) is 35.9 Å². The number of hydrogen-bond donors (Lipinski definition) is 1. The minimum absolute atomic E-state index is 0. The third-order valence-corrected chi connectivity index (χ3v) is 8.55. The zero-order chi connectivity index (χ0) is 14.2. The van der Waals surface area contributed by atoms with Crippen molar-refractivity contribution in [3.63, 3.8) is 0 Å². The molecule has 0 radical (unpaired) electrons. The average molecular weight is 416 g/mol. The van der Waals surface area contributed by atoms with Crippen molar-refractivity contribution in [3.8, 4) is 0 Å². The van der Waals surface area contributed by atoms with Crippen LogP contribution in [0.3, 0.4) is 0 Å². The first kappa shape index (κ1) is 17.7. The summed E-state index contributed by atoms with van der Waals surface area (Å²) < 4.78 is 27.8. The molecule has 0 spiro atoms. The molecule has 2 heterocycles. The summed E-state index contributed by atoms with van der Waals surface area (Å²) in [6.07, 6.45) is 4.53. The van der Waals surface area contributed by atoms with Crippen molar-refractivity contribution in [3.05, 3.63) is 15.9 Å². The maximum absolute atomic E-state index is 12.5. The summed E-state index contributed by atoms with van der Waals surface area (Å²) in [4.78, 5) is 0. The van der Waals surface area contributed by atoms with E-state index >= 15 is 0 Å². The molecule has 2 aliphatic rings. The highest BCUT2D eigenvalue weighted by molar-refractivity contribution is 9.10. The Morgan fingerprint density at radius 3 is 2.48 bits per heavy atom. The summed E-state index contributed by atoms with van der Waals surface area (Å²) in [7, 11) is -3.31. The van der Waals surface area contributed by atoms with Crippen molar-refractivity contribution in [2.24, 2.45) is 5.92 Å². The fraction of sp³-hybridized carbons (Fsp3) is 0.692. The highest BCUT2D eigenvalue weighted by atomic mass is 79.9. The summed E-state index contributed by atoms with van der Waals surface area (Å²) in [5.41, 5.74) is 0. The van der Waals surface area contributed by atoms with Gasteiger partial charge in [-0.25, -0.2) is 8.42 Å². The Balaban J connectivity index is 0.00000161. The molecule has 1 saturated heterocycles. The van der Waals surface area contributed by atoms with E-state index in [2.05, 4.69) is 21.2 Å². The molecule has 0 unspecified atom stereocenters. The van der Waals surface area contributed by atoms with E-state index in [1.54, 1.807) is 15.8 Å². The van der Waals surface area contributed by atoms with Gasteiger partial charge in [0.25, 0.3) is 10.0 Å². The van der Waals surface area contributed by atoms with Crippen LogP contribution in [0.4, 0.5) is 0 Å². The fourth-order valence-electron chi connectivity index (χ4n) is 2.54. The number of thiophene rings is 1. The van der Waals surface area contributed by atoms with Crippen molar-refractivity contribution in [1.82, 2.24) is 9.62 Å². The van der Waals surface area contributed by atoms with Gasteiger partial charge in [-0.1, -0.05) is 0 Å². The summed E-state index contributed by atoms with van der Waals surface area (Å²) in [5.74, 6) is 0.874. The molecule has 21 heavy (non-hydrogen) atoms. The predicted molar refractivity (Wildman–Crippen MR) is 91.8 cm³/mol. The molecule has 120 valence electrons. The summed E-state index contributed by atoms with van der Waals surface area (Å²) in [6.45, 7) is 2.35. The number of hydrogen-bond acceptors (Lipinski definition) is 4. The molecule has 0 atom stereocenters. The second-order valence-electron chi connectivity index (χ2n) is 5.59. The number of nitrogens with zero attached hydrogens (tertiary/aromatic N) is 1. The third-order valence-electron chi connectivity index (χ3n) is 4.00. The van der Waals surface area contributed by atoms with Crippen LogP contribution in [0.5, 0.6) is 0 Å². The molecule has 0 aromatic carbocycles. The van der Waals surface area contributed by atoms with Crippen molar-refractivity contribution < 1.29 is 8.42 Å². The Labute approximate surface area is 144 Å². The molecule has 1 aromatic rings. The van der Waals surface area contributed by atoms with E-state index in [1.807, 2.05) is 0 Å². The van der Waals surface area contributed by atoms with Gasteiger partial charge in [-0.2, -0.15) is 4.31 Å². The number of rotatable bonds is 5. The van der Waals surface area contributed by atoms with Crippen LogP contribution in [0.1, 0.15) is 25.7 Å². The topological polar surface area (TPSA) is 49.4 Å². The van der Waals surface area contributed by atoms with Crippen LogP contribution >= 0.6 is 39.7 Å². The van der Waals surface area contributed by atoms with Gasteiger partial charge in [0.1, 0.15) is 4.21 Å². The Kier molecular flexibility index (Phi) is 6.13. The Morgan fingerprint density at radius 2 is 1.95 bits per heavy atom. The molecule has 1 aromatic heterocycles. The molecule has 8 heteroatoms. The molecule has 0 amide bonds. The lowest BCUT2D eigenvalue weighted by atomic mass is 10.1. The molecule has 4 nitrogen and oxygen atoms in total. The maximum Gasteiger partial charge on any atom is 0.253 e. The predicted octanol–water partition coefficient (Wildman–Crippen LogP) is 3.09. The Hall–Kier alpha value is 0.340. The second kappa shape index (κ2) is 7.27. The zero-order valence-corrected chi connectivity index (χ0v) is 15.7. The monoisotopic (exact) mass is 414 g/mol. The summed E-state index contributed by atoms with van der Waals surface area (Å²) in [5, 5.41) is 5.38. The van der Waals surface area contributed by atoms with Gasteiger partial charge in [0, 0.05) is 23.6 Å². The van der Waals surface area contributed by atoms with E-state index in [0.29, 0.717) is 27.8 Å². The molecular weight excluding hydrogens is 396 g/mol. The Bertz CT molecular complexity index is 566. The number of nitrogens with one attached hydrogen (secondary N) is 1. The lowest BCUT2D eigenvalue weighted by Crippen LogP contribution is -2.45. The number of halogens is 2. The molecule has 1 aliphatic carbocycles. The van der Waals surface area contributed by atoms with Gasteiger partial charge in [0.15, 0.2) is 0 Å². The van der Waals surface area contributed by atoms with Gasteiger partial charge in [-0.15, -0.1) is 23.7 Å². The lowest BCUT2D eigenvalue weighted by molar-refractivity contribution is 0.288. The minimum Gasteiger partial charge on any atom is -0.314 e. The minimum atomic E-state index is -3.31. The van der Waals surface area contributed by atoms with E-state index in [4.69, 9.17) is 0 Å². The van der Waals surface area contributed by atoms with Crippen molar-refractivity contribution in [1.29, 1.82) is 0 Å². The largest absolute Gasteiger partial charge is 0.314 e. The molecular formula is C13H20BrClN2O2S2. The van der Waals surface area contributed by atoms with E-state index in [9.17, 15) is 8.42 Å². The van der Waals surface area contributed by atoms with E-state index in [-0.39, 0.29) is 12.4 Å². The van der Waals surface area contributed by atoms with Crippen LogP contribution in [0.2, 0.25) is 0 Å². The van der Waals surface area contributed by atoms with Crippen LogP contribution in [-0.4, -0.2) is 38.4 Å². The van der Waals surface area contributed by atoms with Gasteiger partial charge in [0.2, 0.25) is 0 Å².